The highest BCUT2D eigenvalue weighted by molar-refractivity contribution is 8.00. The summed E-state index contributed by atoms with van der Waals surface area (Å²) in [6.07, 6.45) is 0. The van der Waals surface area contributed by atoms with Gasteiger partial charge in [0.1, 0.15) is 6.07 Å². The molecule has 0 saturated carbocycles. The summed E-state index contributed by atoms with van der Waals surface area (Å²) in [5, 5.41) is 12.7. The molecule has 2 aliphatic heterocycles. The summed E-state index contributed by atoms with van der Waals surface area (Å²) in [6.45, 7) is 0. The molecule has 0 aromatic heterocycles. The highest BCUT2D eigenvalue weighted by Crippen LogP contribution is 2.39. The molecule has 1 N–H and O–H groups in total. The summed E-state index contributed by atoms with van der Waals surface area (Å²) in [7, 11) is 1.44. The summed E-state index contributed by atoms with van der Waals surface area (Å²) in [4.78, 5) is 16.9. The lowest BCUT2D eigenvalue weighted by atomic mass is 10.1. The maximum atomic E-state index is 12.7. The van der Waals surface area contributed by atoms with Crippen LogP contribution in [0.5, 0.6) is 5.75 Å². The summed E-state index contributed by atoms with van der Waals surface area (Å²) in [5.74, 6) is 1.68. The topological polar surface area (TPSA) is 65.4 Å². The first-order chi connectivity index (χ1) is 15.1. The highest BCUT2D eigenvalue weighted by atomic mass is 35.5. The van der Waals surface area contributed by atoms with E-state index in [4.69, 9.17) is 16.3 Å². The lowest BCUT2D eigenvalue weighted by molar-refractivity contribution is 0.0992. The molecule has 5 rings (SSSR count). The molecular weight excluding hydrogens is 450 g/mol. The number of methoxy groups -OCH3 is 1. The van der Waals surface area contributed by atoms with E-state index in [1.165, 1.54) is 29.8 Å². The van der Waals surface area contributed by atoms with Gasteiger partial charge in [0.25, 0.3) is 5.91 Å². The highest BCUT2D eigenvalue weighted by Gasteiger charge is 2.27. The Kier molecular flexibility index (Phi) is 6.62. The molecule has 0 radical (unpaired) electrons. The molecule has 2 heterocycles. The van der Waals surface area contributed by atoms with Gasteiger partial charge in [-0.3, -0.25) is 9.69 Å². The van der Waals surface area contributed by atoms with Crippen LogP contribution in [0.15, 0.2) is 70.5 Å². The second-order valence-electron chi connectivity index (χ2n) is 6.59. The van der Waals surface area contributed by atoms with Crippen molar-refractivity contribution in [2.24, 2.45) is 0 Å². The molecule has 31 heavy (non-hydrogen) atoms. The molecule has 0 unspecified atom stereocenters. The van der Waals surface area contributed by atoms with Crippen molar-refractivity contribution in [3.05, 3.63) is 76.8 Å². The smallest absolute Gasteiger partial charge is 0.259 e. The minimum absolute atomic E-state index is 0.182. The maximum absolute atomic E-state index is 12.7. The third kappa shape index (κ3) is 4.47. The van der Waals surface area contributed by atoms with E-state index in [0.29, 0.717) is 11.4 Å². The van der Waals surface area contributed by atoms with E-state index in [-0.39, 0.29) is 22.2 Å². The third-order valence-electron chi connectivity index (χ3n) is 4.74. The first-order valence-corrected chi connectivity index (χ1v) is 11.7. The average Bonchev–Trinajstić information content (AvgIpc) is 3.45. The van der Waals surface area contributed by atoms with Gasteiger partial charge in [0, 0.05) is 21.0 Å². The Balaban J connectivity index is 0.000000212. The molecule has 8 heteroatoms. The van der Waals surface area contributed by atoms with Crippen LogP contribution in [0.2, 0.25) is 5.02 Å². The number of ether oxygens (including phenoxy) is 1. The fourth-order valence-corrected chi connectivity index (χ4v) is 5.44. The summed E-state index contributed by atoms with van der Waals surface area (Å²) < 4.78 is 5.10. The lowest BCUT2D eigenvalue weighted by Gasteiger charge is -2.17. The van der Waals surface area contributed by atoms with E-state index in [1.807, 2.05) is 42.1 Å². The largest absolute Gasteiger partial charge is 0.494 e. The number of anilines is 2. The van der Waals surface area contributed by atoms with Crippen LogP contribution in [0.4, 0.5) is 11.4 Å². The van der Waals surface area contributed by atoms with Crippen LogP contribution in [0.1, 0.15) is 15.9 Å². The summed E-state index contributed by atoms with van der Waals surface area (Å²) in [5.41, 5.74) is 2.78. The number of benzene rings is 3. The SMILES string of the molecule is COc1c(Cl)cc(C(=O)N2CSc3ccccc32)cc1C#N.c1ccc2c(c1)NCS2. The monoisotopic (exact) mass is 467 g/mol. The van der Waals surface area contributed by atoms with E-state index in [9.17, 15) is 10.1 Å². The number of carbonyl (C=O) groups is 1. The Hall–Kier alpha value is -2.79. The summed E-state index contributed by atoms with van der Waals surface area (Å²) in [6, 6.07) is 21.1. The summed E-state index contributed by atoms with van der Waals surface area (Å²) >= 11 is 9.57. The van der Waals surface area contributed by atoms with Gasteiger partial charge in [-0.1, -0.05) is 35.9 Å². The van der Waals surface area contributed by atoms with Gasteiger partial charge in [0.15, 0.2) is 5.75 Å². The molecule has 3 aromatic carbocycles. The van der Waals surface area contributed by atoms with Crippen LogP contribution in [0.25, 0.3) is 0 Å². The Labute approximate surface area is 194 Å². The van der Waals surface area contributed by atoms with Crippen LogP contribution < -0.4 is 15.0 Å². The lowest BCUT2D eigenvalue weighted by Crippen LogP contribution is -2.27. The standard InChI is InChI=1S/C16H11ClN2O2S.C7H7NS/c1-21-15-11(8-18)6-10(7-12(15)17)16(20)19-9-22-14-5-3-2-4-13(14)19;1-2-4-7-6(3-1)8-5-9-7/h2-7H,9H2,1H3;1-4,8H,5H2. The number of para-hydroxylation sites is 2. The molecule has 0 fully saturated rings. The Bertz CT molecular complexity index is 1160. The number of carbonyl (C=O) groups excluding carboxylic acids is 1. The maximum Gasteiger partial charge on any atom is 0.259 e. The average molecular weight is 468 g/mol. The van der Waals surface area contributed by atoms with Gasteiger partial charge in [-0.25, -0.2) is 0 Å². The van der Waals surface area contributed by atoms with Crippen molar-refractivity contribution in [2.75, 3.05) is 29.1 Å². The van der Waals surface area contributed by atoms with Crippen molar-refractivity contribution in [3.8, 4) is 11.8 Å². The van der Waals surface area contributed by atoms with Crippen LogP contribution in [-0.4, -0.2) is 24.8 Å². The Morgan fingerprint density at radius 3 is 2.61 bits per heavy atom. The number of hydrogen-bond donors (Lipinski definition) is 1. The zero-order valence-electron chi connectivity index (χ0n) is 16.6. The molecule has 0 atom stereocenters. The van der Waals surface area contributed by atoms with Crippen molar-refractivity contribution >= 4 is 52.4 Å². The van der Waals surface area contributed by atoms with Crippen molar-refractivity contribution in [2.45, 2.75) is 9.79 Å². The zero-order chi connectivity index (χ0) is 21.8. The van der Waals surface area contributed by atoms with Gasteiger partial charge >= 0.3 is 0 Å². The van der Waals surface area contributed by atoms with Gasteiger partial charge in [-0.2, -0.15) is 5.26 Å². The second-order valence-corrected chi connectivity index (χ2v) is 9.00. The van der Waals surface area contributed by atoms with Gasteiger partial charge in [0.2, 0.25) is 0 Å². The predicted molar refractivity (Wildman–Crippen MR) is 127 cm³/mol. The molecule has 3 aromatic rings. The van der Waals surface area contributed by atoms with Gasteiger partial charge in [0.05, 0.1) is 35.1 Å². The van der Waals surface area contributed by atoms with E-state index in [2.05, 4.69) is 29.6 Å². The molecular formula is C23H18ClN3O2S2. The number of nitriles is 1. The second kappa shape index (κ2) is 9.56. The van der Waals surface area contributed by atoms with Crippen molar-refractivity contribution in [1.29, 1.82) is 5.26 Å². The number of amides is 1. The number of halogens is 1. The first-order valence-electron chi connectivity index (χ1n) is 9.39. The predicted octanol–water partition coefficient (Wildman–Crippen LogP) is 6.09. The van der Waals surface area contributed by atoms with Gasteiger partial charge < -0.3 is 10.1 Å². The molecule has 1 amide bonds. The quantitative estimate of drug-likeness (QED) is 0.491. The zero-order valence-corrected chi connectivity index (χ0v) is 19.0. The van der Waals surface area contributed by atoms with Crippen LogP contribution >= 0.6 is 35.1 Å². The van der Waals surface area contributed by atoms with Crippen LogP contribution in [0, 0.1) is 11.3 Å². The Morgan fingerprint density at radius 1 is 1.13 bits per heavy atom. The van der Waals surface area contributed by atoms with Gasteiger partial charge in [-0.05, 0) is 36.4 Å². The molecule has 0 saturated heterocycles. The van der Waals surface area contributed by atoms with Crippen LogP contribution in [0.3, 0.4) is 0 Å². The van der Waals surface area contributed by atoms with E-state index < -0.39 is 0 Å². The molecule has 0 aliphatic carbocycles. The van der Waals surface area contributed by atoms with E-state index in [0.717, 1.165) is 16.5 Å². The van der Waals surface area contributed by atoms with Crippen molar-refractivity contribution in [3.63, 3.8) is 0 Å². The number of nitrogens with one attached hydrogen (secondary N) is 1. The fraction of sp³-hybridized carbons (Fsp3) is 0.130. The molecule has 2 aliphatic rings. The number of hydrogen-bond acceptors (Lipinski definition) is 6. The molecule has 5 nitrogen and oxygen atoms in total. The van der Waals surface area contributed by atoms with Gasteiger partial charge in [-0.15, -0.1) is 23.5 Å². The van der Waals surface area contributed by atoms with Crippen LogP contribution in [-0.2, 0) is 0 Å². The third-order valence-corrected chi connectivity index (χ3v) is 7.02. The Morgan fingerprint density at radius 2 is 1.87 bits per heavy atom. The molecule has 0 spiro atoms. The first kappa shape index (κ1) is 21.4. The minimum atomic E-state index is -0.182. The van der Waals surface area contributed by atoms with Crippen molar-refractivity contribution < 1.29 is 9.53 Å². The number of thioether (sulfide) groups is 2. The normalized spacial score (nSPS) is 13.3. The number of rotatable bonds is 2. The minimum Gasteiger partial charge on any atom is -0.494 e. The van der Waals surface area contributed by atoms with E-state index in [1.54, 1.807) is 16.7 Å². The van der Waals surface area contributed by atoms with Crippen molar-refractivity contribution in [1.82, 2.24) is 0 Å². The van der Waals surface area contributed by atoms with E-state index >= 15 is 0 Å². The number of nitrogens with zero attached hydrogens (tertiary/aromatic N) is 2. The fourth-order valence-electron chi connectivity index (χ4n) is 3.27. The molecule has 0 bridgehead atoms. The molecule has 156 valence electrons. The number of fused-ring (bicyclic) bond motifs is 2.